The van der Waals surface area contributed by atoms with Crippen LogP contribution >= 0.6 is 0 Å². The molecular formula is C14H17F3N2O3. The number of rotatable bonds is 6. The third kappa shape index (κ3) is 6.57. The minimum Gasteiger partial charge on any atom is -0.359 e. The van der Waals surface area contributed by atoms with E-state index in [0.29, 0.717) is 17.8 Å². The Kier molecular flexibility index (Phi) is 6.36. The summed E-state index contributed by atoms with van der Waals surface area (Å²) in [5.41, 5.74) is 0.829. The number of ether oxygens (including phenoxy) is 1. The average molecular weight is 318 g/mol. The van der Waals surface area contributed by atoms with E-state index in [-0.39, 0.29) is 5.91 Å². The first-order chi connectivity index (χ1) is 10.2. The van der Waals surface area contributed by atoms with Gasteiger partial charge in [0.2, 0.25) is 5.91 Å². The lowest BCUT2D eigenvalue weighted by atomic mass is 10.2. The Bertz CT molecular complexity index is 532. The van der Waals surface area contributed by atoms with Crippen LogP contribution in [0.5, 0.6) is 0 Å². The summed E-state index contributed by atoms with van der Waals surface area (Å²) in [7, 11) is 0. The quantitative estimate of drug-likeness (QED) is 0.847. The zero-order valence-corrected chi connectivity index (χ0v) is 12.2. The summed E-state index contributed by atoms with van der Waals surface area (Å²) in [6.07, 6.45) is -5.44. The smallest absolute Gasteiger partial charge is 0.359 e. The Balaban J connectivity index is 2.60. The summed E-state index contributed by atoms with van der Waals surface area (Å²) in [4.78, 5) is 23.0. The molecule has 1 aromatic carbocycles. The lowest BCUT2D eigenvalue weighted by molar-refractivity contribution is -0.184. The van der Waals surface area contributed by atoms with Gasteiger partial charge < -0.3 is 15.4 Å². The normalized spacial score (nSPS) is 12.6. The minimum absolute atomic E-state index is 0.189. The van der Waals surface area contributed by atoms with Gasteiger partial charge in [0.25, 0.3) is 5.91 Å². The SMILES string of the molecule is CCC(=O)Nc1cccc(NC(=O)[C@@H](C)OCC(F)(F)F)c1. The molecule has 0 aliphatic heterocycles. The summed E-state index contributed by atoms with van der Waals surface area (Å²) in [5, 5.41) is 5.04. The van der Waals surface area contributed by atoms with E-state index < -0.39 is 24.8 Å². The maximum atomic E-state index is 12.0. The second-order valence-electron chi connectivity index (χ2n) is 4.54. The minimum atomic E-state index is -4.49. The number of hydrogen-bond acceptors (Lipinski definition) is 3. The number of carbonyl (C=O) groups is 2. The highest BCUT2D eigenvalue weighted by molar-refractivity contribution is 5.95. The first-order valence-electron chi connectivity index (χ1n) is 6.60. The van der Waals surface area contributed by atoms with E-state index in [9.17, 15) is 22.8 Å². The van der Waals surface area contributed by atoms with Crippen LogP contribution in [0.15, 0.2) is 24.3 Å². The molecule has 0 saturated heterocycles. The fourth-order valence-corrected chi connectivity index (χ4v) is 1.46. The number of hydrogen-bond donors (Lipinski definition) is 2. The third-order valence-electron chi connectivity index (χ3n) is 2.60. The van der Waals surface area contributed by atoms with E-state index in [2.05, 4.69) is 15.4 Å². The molecule has 1 aromatic rings. The predicted octanol–water partition coefficient (Wildman–Crippen LogP) is 2.94. The topological polar surface area (TPSA) is 67.4 Å². The van der Waals surface area contributed by atoms with Crippen molar-refractivity contribution in [1.29, 1.82) is 0 Å². The van der Waals surface area contributed by atoms with E-state index in [4.69, 9.17) is 0 Å². The lowest BCUT2D eigenvalue weighted by Gasteiger charge is -2.15. The molecule has 122 valence electrons. The van der Waals surface area contributed by atoms with Gasteiger partial charge in [0.15, 0.2) is 0 Å². The van der Waals surface area contributed by atoms with Crippen LogP contribution in [-0.4, -0.2) is 30.7 Å². The van der Waals surface area contributed by atoms with Crippen LogP contribution in [0, 0.1) is 0 Å². The van der Waals surface area contributed by atoms with E-state index in [1.165, 1.54) is 13.0 Å². The van der Waals surface area contributed by atoms with Gasteiger partial charge in [-0.05, 0) is 25.1 Å². The van der Waals surface area contributed by atoms with Crippen LogP contribution in [-0.2, 0) is 14.3 Å². The van der Waals surface area contributed by atoms with E-state index >= 15 is 0 Å². The van der Waals surface area contributed by atoms with Gasteiger partial charge in [-0.25, -0.2) is 0 Å². The van der Waals surface area contributed by atoms with E-state index in [1.807, 2.05) is 0 Å². The molecule has 0 aliphatic carbocycles. The highest BCUT2D eigenvalue weighted by Gasteiger charge is 2.29. The molecule has 0 spiro atoms. The molecule has 0 bridgehead atoms. The van der Waals surface area contributed by atoms with Crippen LogP contribution in [0.25, 0.3) is 0 Å². The van der Waals surface area contributed by atoms with Crippen LogP contribution < -0.4 is 10.6 Å². The highest BCUT2D eigenvalue weighted by Crippen LogP contribution is 2.18. The maximum absolute atomic E-state index is 12.0. The van der Waals surface area contributed by atoms with Crippen molar-refractivity contribution in [3.63, 3.8) is 0 Å². The summed E-state index contributed by atoms with van der Waals surface area (Å²) >= 11 is 0. The molecule has 8 heteroatoms. The van der Waals surface area contributed by atoms with Crippen molar-refractivity contribution in [3.05, 3.63) is 24.3 Å². The van der Waals surface area contributed by atoms with Crippen LogP contribution in [0.3, 0.4) is 0 Å². The Morgan fingerprint density at radius 1 is 1.23 bits per heavy atom. The molecule has 1 atom stereocenters. The van der Waals surface area contributed by atoms with Crippen molar-refractivity contribution < 1.29 is 27.5 Å². The standard InChI is InChI=1S/C14H17F3N2O3/c1-3-12(20)18-10-5-4-6-11(7-10)19-13(21)9(2)22-8-14(15,16)17/h4-7,9H,3,8H2,1-2H3,(H,18,20)(H,19,21)/t9-/m1/s1. The van der Waals surface area contributed by atoms with Crippen molar-refractivity contribution in [2.45, 2.75) is 32.5 Å². The van der Waals surface area contributed by atoms with Crippen LogP contribution in [0.2, 0.25) is 0 Å². The maximum Gasteiger partial charge on any atom is 0.411 e. The summed E-state index contributed by atoms with van der Waals surface area (Å²) in [6.45, 7) is 1.43. The average Bonchev–Trinajstić information content (AvgIpc) is 2.44. The monoisotopic (exact) mass is 318 g/mol. The number of benzene rings is 1. The van der Waals surface area contributed by atoms with E-state index in [1.54, 1.807) is 25.1 Å². The molecular weight excluding hydrogens is 301 g/mol. The van der Waals surface area contributed by atoms with Gasteiger partial charge >= 0.3 is 6.18 Å². The molecule has 0 fully saturated rings. The molecule has 0 saturated carbocycles. The second-order valence-corrected chi connectivity index (χ2v) is 4.54. The van der Waals surface area contributed by atoms with Crippen molar-refractivity contribution >= 4 is 23.2 Å². The molecule has 5 nitrogen and oxygen atoms in total. The van der Waals surface area contributed by atoms with Crippen LogP contribution in [0.4, 0.5) is 24.5 Å². The zero-order valence-electron chi connectivity index (χ0n) is 12.2. The molecule has 22 heavy (non-hydrogen) atoms. The Morgan fingerprint density at radius 3 is 2.36 bits per heavy atom. The Hall–Kier alpha value is -2.09. The van der Waals surface area contributed by atoms with Crippen molar-refractivity contribution in [3.8, 4) is 0 Å². The Labute approximate surface area is 125 Å². The predicted molar refractivity (Wildman–Crippen MR) is 75.5 cm³/mol. The lowest BCUT2D eigenvalue weighted by Crippen LogP contribution is -2.31. The fraction of sp³-hybridized carbons (Fsp3) is 0.429. The molecule has 2 N–H and O–H groups in total. The molecule has 0 heterocycles. The number of nitrogens with one attached hydrogen (secondary N) is 2. The summed E-state index contributed by atoms with van der Waals surface area (Å²) < 4.78 is 40.5. The number of anilines is 2. The van der Waals surface area contributed by atoms with Crippen LogP contribution in [0.1, 0.15) is 20.3 Å². The number of amides is 2. The van der Waals surface area contributed by atoms with Gasteiger partial charge in [0.05, 0.1) is 0 Å². The molecule has 0 radical (unpaired) electrons. The number of alkyl halides is 3. The summed E-state index contributed by atoms with van der Waals surface area (Å²) in [6, 6.07) is 6.28. The second kappa shape index (κ2) is 7.79. The van der Waals surface area contributed by atoms with E-state index in [0.717, 1.165) is 0 Å². The fourth-order valence-electron chi connectivity index (χ4n) is 1.46. The largest absolute Gasteiger partial charge is 0.411 e. The highest BCUT2D eigenvalue weighted by atomic mass is 19.4. The molecule has 1 rings (SSSR count). The van der Waals surface area contributed by atoms with Gasteiger partial charge in [-0.15, -0.1) is 0 Å². The third-order valence-corrected chi connectivity index (χ3v) is 2.60. The van der Waals surface area contributed by atoms with Crippen molar-refractivity contribution in [2.75, 3.05) is 17.2 Å². The number of halogens is 3. The van der Waals surface area contributed by atoms with Gasteiger partial charge in [-0.1, -0.05) is 13.0 Å². The Morgan fingerprint density at radius 2 is 1.82 bits per heavy atom. The molecule has 0 unspecified atom stereocenters. The van der Waals surface area contributed by atoms with Gasteiger partial charge in [0.1, 0.15) is 12.7 Å². The molecule has 0 aliphatic rings. The molecule has 0 aromatic heterocycles. The van der Waals surface area contributed by atoms with Crippen molar-refractivity contribution in [1.82, 2.24) is 0 Å². The van der Waals surface area contributed by atoms with Gasteiger partial charge in [0, 0.05) is 17.8 Å². The first-order valence-corrected chi connectivity index (χ1v) is 6.60. The number of carbonyl (C=O) groups excluding carboxylic acids is 2. The zero-order chi connectivity index (χ0) is 16.8. The van der Waals surface area contributed by atoms with Gasteiger partial charge in [-0.2, -0.15) is 13.2 Å². The summed E-state index contributed by atoms with van der Waals surface area (Å²) in [5.74, 6) is -0.895. The first kappa shape index (κ1) is 18.0. The van der Waals surface area contributed by atoms with Crippen molar-refractivity contribution in [2.24, 2.45) is 0 Å². The molecule has 2 amide bonds. The van der Waals surface area contributed by atoms with Gasteiger partial charge in [-0.3, -0.25) is 9.59 Å².